The third-order valence-corrected chi connectivity index (χ3v) is 6.72. The van der Waals surface area contributed by atoms with E-state index in [1.807, 2.05) is 23.1 Å². The lowest BCUT2D eigenvalue weighted by atomic mass is 10.1. The molecular weight excluding hydrogens is 394 g/mol. The smallest absolute Gasteiger partial charge is 0.271 e. The zero-order chi connectivity index (χ0) is 20.9. The number of carbonyl (C=O) groups is 1. The minimum absolute atomic E-state index is 0.110. The number of nitrogens with one attached hydrogen (secondary N) is 1. The van der Waals surface area contributed by atoms with Crippen molar-refractivity contribution in [3.63, 3.8) is 0 Å². The summed E-state index contributed by atoms with van der Waals surface area (Å²) in [7, 11) is 4.26. The van der Waals surface area contributed by atoms with Crippen LogP contribution in [0.4, 0.5) is 0 Å². The third-order valence-electron chi connectivity index (χ3n) is 5.77. The van der Waals surface area contributed by atoms with E-state index in [2.05, 4.69) is 48.3 Å². The fraction of sp³-hybridized carbons (Fsp3) is 0.458. The number of rotatable bonds is 8. The Labute approximate surface area is 182 Å². The Morgan fingerprint density at radius 1 is 1.23 bits per heavy atom. The zero-order valence-electron chi connectivity index (χ0n) is 18.0. The Morgan fingerprint density at radius 2 is 2.07 bits per heavy atom. The molecule has 0 saturated carbocycles. The molecule has 1 amide bonds. The van der Waals surface area contributed by atoms with Crippen molar-refractivity contribution in [1.29, 1.82) is 0 Å². The molecule has 1 aromatic carbocycles. The summed E-state index contributed by atoms with van der Waals surface area (Å²) in [5.41, 5.74) is 1.95. The normalized spacial score (nSPS) is 17.0. The fourth-order valence-corrected chi connectivity index (χ4v) is 4.97. The van der Waals surface area contributed by atoms with E-state index >= 15 is 0 Å². The molecule has 1 fully saturated rings. The van der Waals surface area contributed by atoms with Crippen molar-refractivity contribution in [3.8, 4) is 0 Å². The molecule has 1 saturated heterocycles. The van der Waals surface area contributed by atoms with Crippen molar-refractivity contribution in [2.24, 2.45) is 0 Å². The lowest BCUT2D eigenvalue weighted by Crippen LogP contribution is -3.06. The van der Waals surface area contributed by atoms with Gasteiger partial charge in [0.05, 0.1) is 39.8 Å². The van der Waals surface area contributed by atoms with Crippen LogP contribution in [0.15, 0.2) is 47.8 Å². The molecule has 3 heterocycles. The summed E-state index contributed by atoms with van der Waals surface area (Å²) in [5, 5.41) is 3.26. The number of carbonyl (C=O) groups excluding carboxylic acids is 1. The van der Waals surface area contributed by atoms with Crippen molar-refractivity contribution < 1.29 is 14.4 Å². The SMILES string of the molecule is C[NH+](C)CCN(Cc1ccccc1)C(=O)c1cc2ccsc2n1C[C@@H]1CCCCO1. The number of hydrogen-bond acceptors (Lipinski definition) is 3. The van der Waals surface area contributed by atoms with Gasteiger partial charge in [-0.1, -0.05) is 30.3 Å². The predicted molar refractivity (Wildman–Crippen MR) is 122 cm³/mol. The number of nitrogens with zero attached hydrogens (tertiary/aromatic N) is 2. The first kappa shape index (κ1) is 21.1. The van der Waals surface area contributed by atoms with Crippen molar-refractivity contribution in [3.05, 3.63) is 59.1 Å². The number of hydrogen-bond donors (Lipinski definition) is 1. The second-order valence-corrected chi connectivity index (χ2v) is 9.37. The van der Waals surface area contributed by atoms with Crippen molar-refractivity contribution in [2.45, 2.75) is 38.5 Å². The van der Waals surface area contributed by atoms with Gasteiger partial charge in [0.2, 0.25) is 0 Å². The standard InChI is InChI=1S/C24H31N3O2S/c1-25(2)12-13-26(17-19-8-4-3-5-9-19)23(28)22-16-20-11-15-30-24(20)27(22)18-21-10-6-7-14-29-21/h3-5,8-9,11,15-16,21H,6-7,10,12-14,17-18H2,1-2H3/p+1/t21-/m0/s1. The van der Waals surface area contributed by atoms with Gasteiger partial charge in [0, 0.05) is 18.5 Å². The van der Waals surface area contributed by atoms with E-state index in [-0.39, 0.29) is 12.0 Å². The van der Waals surface area contributed by atoms with Gasteiger partial charge in [-0.15, -0.1) is 11.3 Å². The molecule has 4 rings (SSSR count). The van der Waals surface area contributed by atoms with Crippen LogP contribution in [0.3, 0.4) is 0 Å². The predicted octanol–water partition coefficient (Wildman–Crippen LogP) is 3.06. The van der Waals surface area contributed by atoms with Crippen LogP contribution in [0.2, 0.25) is 0 Å². The highest BCUT2D eigenvalue weighted by molar-refractivity contribution is 7.16. The van der Waals surface area contributed by atoms with E-state index in [0.29, 0.717) is 6.54 Å². The van der Waals surface area contributed by atoms with E-state index in [1.54, 1.807) is 11.3 Å². The van der Waals surface area contributed by atoms with Crippen LogP contribution < -0.4 is 4.90 Å². The minimum Gasteiger partial charge on any atom is -0.376 e. The number of quaternary nitrogens is 1. The molecule has 0 radical (unpaired) electrons. The summed E-state index contributed by atoms with van der Waals surface area (Å²) in [6.07, 6.45) is 3.60. The fourth-order valence-electron chi connectivity index (χ4n) is 4.07. The Bertz CT molecular complexity index is 957. The first-order valence-corrected chi connectivity index (χ1v) is 11.8. The topological polar surface area (TPSA) is 38.9 Å². The molecular formula is C24H32N3O2S+. The third kappa shape index (κ3) is 4.94. The van der Waals surface area contributed by atoms with Crippen LogP contribution in [0.1, 0.15) is 35.3 Å². The number of thiophene rings is 1. The van der Waals surface area contributed by atoms with Crippen LogP contribution in [-0.4, -0.2) is 55.3 Å². The molecule has 0 spiro atoms. The maximum Gasteiger partial charge on any atom is 0.271 e. The molecule has 160 valence electrons. The summed E-state index contributed by atoms with van der Waals surface area (Å²) < 4.78 is 8.21. The summed E-state index contributed by atoms with van der Waals surface area (Å²) in [6, 6.07) is 14.5. The van der Waals surface area contributed by atoms with E-state index in [9.17, 15) is 4.79 Å². The Kier molecular flexibility index (Phi) is 6.87. The molecule has 0 bridgehead atoms. The molecule has 1 aliphatic heterocycles. The summed E-state index contributed by atoms with van der Waals surface area (Å²) in [4.78, 5) is 18.3. The van der Waals surface area contributed by atoms with E-state index in [0.717, 1.165) is 55.7 Å². The van der Waals surface area contributed by atoms with Crippen molar-refractivity contribution >= 4 is 27.5 Å². The van der Waals surface area contributed by atoms with Crippen molar-refractivity contribution in [1.82, 2.24) is 9.47 Å². The van der Waals surface area contributed by atoms with E-state index < -0.39 is 0 Å². The number of likely N-dealkylation sites (N-methyl/N-ethyl adjacent to an activating group) is 1. The van der Waals surface area contributed by atoms with Crippen LogP contribution in [0.25, 0.3) is 10.2 Å². The van der Waals surface area contributed by atoms with Crippen LogP contribution >= 0.6 is 11.3 Å². The maximum absolute atomic E-state index is 13.8. The minimum atomic E-state index is 0.110. The molecule has 2 aromatic heterocycles. The lowest BCUT2D eigenvalue weighted by molar-refractivity contribution is -0.857. The second kappa shape index (κ2) is 9.77. The number of amides is 1. The number of benzene rings is 1. The molecule has 3 aromatic rings. The molecule has 6 heteroatoms. The molecule has 30 heavy (non-hydrogen) atoms. The molecule has 5 nitrogen and oxygen atoms in total. The second-order valence-electron chi connectivity index (χ2n) is 8.48. The molecule has 0 aliphatic carbocycles. The Balaban J connectivity index is 1.62. The molecule has 1 aliphatic rings. The lowest BCUT2D eigenvalue weighted by Gasteiger charge is -2.26. The maximum atomic E-state index is 13.8. The zero-order valence-corrected chi connectivity index (χ0v) is 18.8. The largest absolute Gasteiger partial charge is 0.376 e. The number of ether oxygens (including phenoxy) is 1. The van der Waals surface area contributed by atoms with Crippen molar-refractivity contribution in [2.75, 3.05) is 33.8 Å². The number of aromatic nitrogens is 1. The summed E-state index contributed by atoms with van der Waals surface area (Å²) >= 11 is 1.71. The number of fused-ring (bicyclic) bond motifs is 1. The average molecular weight is 427 g/mol. The van der Waals surface area contributed by atoms with Gasteiger partial charge in [0.15, 0.2) is 0 Å². The first-order valence-electron chi connectivity index (χ1n) is 10.9. The van der Waals surface area contributed by atoms with Gasteiger partial charge in [-0.25, -0.2) is 0 Å². The monoisotopic (exact) mass is 426 g/mol. The van der Waals surface area contributed by atoms with Gasteiger partial charge in [-0.05, 0) is 42.3 Å². The van der Waals surface area contributed by atoms with Crippen LogP contribution in [0, 0.1) is 0 Å². The van der Waals surface area contributed by atoms with Gasteiger partial charge in [0.1, 0.15) is 10.5 Å². The summed E-state index contributed by atoms with van der Waals surface area (Å²) in [6.45, 7) is 3.86. The van der Waals surface area contributed by atoms with E-state index in [4.69, 9.17) is 4.74 Å². The van der Waals surface area contributed by atoms with Gasteiger partial charge in [-0.3, -0.25) is 4.79 Å². The molecule has 0 unspecified atom stereocenters. The van der Waals surface area contributed by atoms with Gasteiger partial charge >= 0.3 is 0 Å². The quantitative estimate of drug-likeness (QED) is 0.601. The van der Waals surface area contributed by atoms with Gasteiger partial charge in [0.25, 0.3) is 5.91 Å². The van der Waals surface area contributed by atoms with Crippen LogP contribution in [0.5, 0.6) is 0 Å². The molecule has 1 atom stereocenters. The highest BCUT2D eigenvalue weighted by atomic mass is 32.1. The van der Waals surface area contributed by atoms with Crippen LogP contribution in [-0.2, 0) is 17.8 Å². The first-order chi connectivity index (χ1) is 14.6. The van der Waals surface area contributed by atoms with Gasteiger partial charge in [-0.2, -0.15) is 0 Å². The Morgan fingerprint density at radius 3 is 2.80 bits per heavy atom. The van der Waals surface area contributed by atoms with Gasteiger partial charge < -0.3 is 19.1 Å². The summed E-state index contributed by atoms with van der Waals surface area (Å²) in [5.74, 6) is 0.110. The molecule has 1 N–H and O–H groups in total. The van der Waals surface area contributed by atoms with E-state index in [1.165, 1.54) is 16.2 Å². The highest BCUT2D eigenvalue weighted by Gasteiger charge is 2.25. The Hall–Kier alpha value is -2.15. The average Bonchev–Trinajstić information content (AvgIpc) is 3.35. The highest BCUT2D eigenvalue weighted by Crippen LogP contribution is 2.28.